The molecule has 1 heterocycles. The molecular weight excluding hydrogens is 316 g/mol. The van der Waals surface area contributed by atoms with Gasteiger partial charge in [-0.25, -0.2) is 0 Å². The lowest BCUT2D eigenvalue weighted by Crippen LogP contribution is -2.45. The highest BCUT2D eigenvalue weighted by Crippen LogP contribution is 2.27. The molecule has 1 N–H and O–H groups in total. The Morgan fingerprint density at radius 2 is 1.56 bits per heavy atom. The molecule has 0 bridgehead atoms. The summed E-state index contributed by atoms with van der Waals surface area (Å²) in [6.07, 6.45) is -0.301. The van der Waals surface area contributed by atoms with E-state index in [0.717, 1.165) is 17.5 Å². The van der Waals surface area contributed by atoms with Crippen molar-refractivity contribution in [3.63, 3.8) is 0 Å². The molecule has 0 aliphatic carbocycles. The Hall–Kier alpha value is -1.72. The van der Waals surface area contributed by atoms with Gasteiger partial charge in [-0.15, -0.1) is 0 Å². The third kappa shape index (κ3) is 5.38. The van der Waals surface area contributed by atoms with Crippen LogP contribution in [0.25, 0.3) is 0 Å². The molecule has 25 heavy (non-hydrogen) atoms. The number of aliphatic hydroxyl groups is 1. The Bertz CT molecular complexity index is 616. The Balaban J connectivity index is 1.48. The first-order valence-corrected chi connectivity index (χ1v) is 8.83. The highest BCUT2D eigenvalue weighted by Gasteiger charge is 2.35. The summed E-state index contributed by atoms with van der Waals surface area (Å²) in [5.41, 5.74) is 2.26. The van der Waals surface area contributed by atoms with Crippen LogP contribution >= 0.6 is 0 Å². The number of aliphatic hydroxyl groups excluding tert-OH is 1. The van der Waals surface area contributed by atoms with Crippen molar-refractivity contribution in [1.82, 2.24) is 0 Å². The van der Waals surface area contributed by atoms with E-state index in [2.05, 4.69) is 0 Å². The lowest BCUT2D eigenvalue weighted by atomic mass is 9.95. The van der Waals surface area contributed by atoms with Crippen LogP contribution in [-0.4, -0.2) is 30.2 Å². The summed E-state index contributed by atoms with van der Waals surface area (Å²) in [6.45, 7) is 3.49. The zero-order chi connectivity index (χ0) is 17.5. The van der Waals surface area contributed by atoms with Gasteiger partial charge in [-0.2, -0.15) is 0 Å². The van der Waals surface area contributed by atoms with Gasteiger partial charge in [-0.1, -0.05) is 67.6 Å². The van der Waals surface area contributed by atoms with Gasteiger partial charge in [0, 0.05) is 12.3 Å². The van der Waals surface area contributed by atoms with E-state index in [-0.39, 0.29) is 18.1 Å². The zero-order valence-electron chi connectivity index (χ0n) is 14.6. The fourth-order valence-corrected chi connectivity index (χ4v) is 3.02. The number of hydrogen-bond acceptors (Lipinski definition) is 4. The fraction of sp³-hybridized carbons (Fsp3) is 0.429. The Kier molecular flexibility index (Phi) is 6.59. The minimum atomic E-state index is -0.820. The maximum absolute atomic E-state index is 10.2. The van der Waals surface area contributed by atoms with Crippen LogP contribution in [-0.2, 0) is 27.4 Å². The van der Waals surface area contributed by atoms with Gasteiger partial charge in [0.2, 0.25) is 0 Å². The molecule has 3 rings (SSSR count). The van der Waals surface area contributed by atoms with Crippen LogP contribution in [0.15, 0.2) is 60.7 Å². The van der Waals surface area contributed by atoms with E-state index in [4.69, 9.17) is 14.2 Å². The van der Waals surface area contributed by atoms with Crippen LogP contribution in [0.2, 0.25) is 0 Å². The summed E-state index contributed by atoms with van der Waals surface area (Å²) in [4.78, 5) is 0. The van der Waals surface area contributed by atoms with Crippen molar-refractivity contribution < 1.29 is 19.3 Å². The van der Waals surface area contributed by atoms with Crippen LogP contribution < -0.4 is 0 Å². The first-order valence-electron chi connectivity index (χ1n) is 8.83. The first kappa shape index (κ1) is 18.1. The second-order valence-electron chi connectivity index (χ2n) is 6.58. The van der Waals surface area contributed by atoms with Crippen LogP contribution in [0.3, 0.4) is 0 Å². The molecule has 134 valence electrons. The van der Waals surface area contributed by atoms with E-state index in [1.807, 2.05) is 67.6 Å². The smallest absolute Gasteiger partial charge is 0.160 e. The minimum absolute atomic E-state index is 0.0470. The molecule has 1 aliphatic rings. The summed E-state index contributed by atoms with van der Waals surface area (Å²) in [6, 6.07) is 20.1. The third-order valence-corrected chi connectivity index (χ3v) is 4.59. The Labute approximate surface area is 149 Å². The van der Waals surface area contributed by atoms with Gasteiger partial charge < -0.3 is 19.3 Å². The molecule has 0 aromatic heterocycles. The topological polar surface area (TPSA) is 47.9 Å². The summed E-state index contributed by atoms with van der Waals surface area (Å²) in [7, 11) is 0. The van der Waals surface area contributed by atoms with Crippen LogP contribution in [0.1, 0.15) is 24.5 Å². The number of hydrogen-bond donors (Lipinski definition) is 1. The van der Waals surface area contributed by atoms with Crippen molar-refractivity contribution in [1.29, 1.82) is 0 Å². The van der Waals surface area contributed by atoms with Gasteiger partial charge >= 0.3 is 0 Å². The maximum Gasteiger partial charge on any atom is 0.160 e. The summed E-state index contributed by atoms with van der Waals surface area (Å²) < 4.78 is 17.5. The molecule has 2 aromatic rings. The SMILES string of the molecule is CC1C(O)OC(COCc2ccccc2)CC1OCc1ccccc1. The molecule has 4 heteroatoms. The lowest BCUT2D eigenvalue weighted by molar-refractivity contribution is -0.240. The minimum Gasteiger partial charge on any atom is -0.374 e. The second-order valence-corrected chi connectivity index (χ2v) is 6.58. The first-order chi connectivity index (χ1) is 12.2. The summed E-state index contributed by atoms with van der Waals surface area (Å²) in [5, 5.41) is 10.2. The van der Waals surface area contributed by atoms with E-state index >= 15 is 0 Å². The van der Waals surface area contributed by atoms with Gasteiger partial charge in [-0.3, -0.25) is 0 Å². The van der Waals surface area contributed by atoms with Gasteiger partial charge in [0.25, 0.3) is 0 Å². The molecule has 4 nitrogen and oxygen atoms in total. The van der Waals surface area contributed by atoms with Gasteiger partial charge in [0.1, 0.15) is 0 Å². The van der Waals surface area contributed by atoms with Gasteiger partial charge in [0.05, 0.1) is 32.0 Å². The molecule has 0 radical (unpaired) electrons. The second kappa shape index (κ2) is 9.11. The number of rotatable bonds is 7. The molecule has 0 saturated carbocycles. The highest BCUT2D eigenvalue weighted by atomic mass is 16.6. The summed E-state index contributed by atoms with van der Waals surface area (Å²) in [5.74, 6) is -0.0610. The lowest BCUT2D eigenvalue weighted by Gasteiger charge is -2.37. The van der Waals surface area contributed by atoms with Crippen molar-refractivity contribution in [3.05, 3.63) is 71.8 Å². The van der Waals surface area contributed by atoms with E-state index in [1.54, 1.807) is 0 Å². The molecule has 0 amide bonds. The van der Waals surface area contributed by atoms with E-state index < -0.39 is 6.29 Å². The normalized spacial score (nSPS) is 26.5. The van der Waals surface area contributed by atoms with Crippen LogP contribution in [0.5, 0.6) is 0 Å². The molecule has 1 saturated heterocycles. The van der Waals surface area contributed by atoms with Gasteiger partial charge in [0.15, 0.2) is 6.29 Å². The van der Waals surface area contributed by atoms with Crippen LogP contribution in [0.4, 0.5) is 0 Å². The predicted octanol–water partition coefficient (Wildman–Crippen LogP) is 3.53. The largest absolute Gasteiger partial charge is 0.374 e. The molecule has 1 aliphatic heterocycles. The summed E-state index contributed by atoms with van der Waals surface area (Å²) >= 11 is 0. The monoisotopic (exact) mass is 342 g/mol. The van der Waals surface area contributed by atoms with E-state index in [0.29, 0.717) is 19.8 Å². The Morgan fingerprint density at radius 1 is 0.960 bits per heavy atom. The van der Waals surface area contributed by atoms with Crippen molar-refractivity contribution in [3.8, 4) is 0 Å². The van der Waals surface area contributed by atoms with E-state index in [1.165, 1.54) is 0 Å². The predicted molar refractivity (Wildman–Crippen MR) is 95.8 cm³/mol. The molecule has 1 fully saturated rings. The van der Waals surface area contributed by atoms with Crippen molar-refractivity contribution >= 4 is 0 Å². The molecule has 0 spiro atoms. The number of ether oxygens (including phenoxy) is 3. The average molecular weight is 342 g/mol. The quantitative estimate of drug-likeness (QED) is 0.836. The van der Waals surface area contributed by atoms with E-state index in [9.17, 15) is 5.11 Å². The molecule has 4 atom stereocenters. The van der Waals surface area contributed by atoms with Crippen molar-refractivity contribution in [2.45, 2.75) is 45.1 Å². The third-order valence-electron chi connectivity index (χ3n) is 4.59. The molecule has 2 aromatic carbocycles. The molecule has 4 unspecified atom stereocenters. The van der Waals surface area contributed by atoms with Crippen molar-refractivity contribution in [2.24, 2.45) is 5.92 Å². The zero-order valence-corrected chi connectivity index (χ0v) is 14.6. The highest BCUT2D eigenvalue weighted by molar-refractivity contribution is 5.14. The van der Waals surface area contributed by atoms with Crippen molar-refractivity contribution in [2.75, 3.05) is 6.61 Å². The maximum atomic E-state index is 10.2. The average Bonchev–Trinajstić information content (AvgIpc) is 2.65. The Morgan fingerprint density at radius 3 is 2.20 bits per heavy atom. The standard InChI is InChI=1S/C21H26O4/c1-16-20(24-14-18-10-6-3-7-11-18)12-19(25-21(16)22)15-23-13-17-8-4-2-5-9-17/h2-11,16,19-22H,12-15H2,1H3. The number of benzene rings is 2. The fourth-order valence-electron chi connectivity index (χ4n) is 3.02. The molecular formula is C21H26O4. The van der Waals surface area contributed by atoms with Gasteiger partial charge in [-0.05, 0) is 11.1 Å². The van der Waals surface area contributed by atoms with Crippen LogP contribution in [0, 0.1) is 5.92 Å².